The number of aromatic nitrogens is 1. The number of pyridine rings is 1. The van der Waals surface area contributed by atoms with Crippen molar-refractivity contribution in [3.05, 3.63) is 71.4 Å². The largest absolute Gasteiger partial charge is 0.254 e. The van der Waals surface area contributed by atoms with Gasteiger partial charge in [0.25, 0.3) is 0 Å². The first-order valence-corrected chi connectivity index (χ1v) is 6.70. The molecule has 2 heteroatoms. The van der Waals surface area contributed by atoms with E-state index in [1.54, 1.807) is 0 Å². The number of rotatable bonds is 2. The minimum Gasteiger partial charge on any atom is -0.254 e. The molecule has 0 spiro atoms. The van der Waals surface area contributed by atoms with Crippen molar-refractivity contribution in [2.75, 3.05) is 0 Å². The number of fused-ring (bicyclic) bond motifs is 1. The SMILES string of the molecule is Cc1cccc(C)c1N=Cc1ccc2ccccc2n1. The Hall–Kier alpha value is -2.48. The Morgan fingerprint density at radius 1 is 0.850 bits per heavy atom. The molecule has 2 nitrogen and oxygen atoms in total. The Kier molecular flexibility index (Phi) is 3.30. The molecule has 0 aliphatic rings. The predicted molar refractivity (Wildman–Crippen MR) is 84.9 cm³/mol. The Morgan fingerprint density at radius 2 is 1.60 bits per heavy atom. The van der Waals surface area contributed by atoms with Gasteiger partial charge in [0, 0.05) is 5.39 Å². The zero-order chi connectivity index (χ0) is 13.9. The van der Waals surface area contributed by atoms with Crippen LogP contribution in [0.15, 0.2) is 59.6 Å². The molecule has 98 valence electrons. The zero-order valence-corrected chi connectivity index (χ0v) is 11.7. The first-order chi connectivity index (χ1) is 9.74. The van der Waals surface area contributed by atoms with Gasteiger partial charge in [-0.25, -0.2) is 4.98 Å². The topological polar surface area (TPSA) is 25.2 Å². The first kappa shape index (κ1) is 12.5. The van der Waals surface area contributed by atoms with Crippen molar-refractivity contribution in [1.29, 1.82) is 0 Å². The van der Waals surface area contributed by atoms with Crippen LogP contribution in [0.25, 0.3) is 10.9 Å². The molecule has 0 atom stereocenters. The summed E-state index contributed by atoms with van der Waals surface area (Å²) in [4.78, 5) is 9.20. The van der Waals surface area contributed by atoms with Gasteiger partial charge < -0.3 is 0 Å². The number of aryl methyl sites for hydroxylation is 2. The fourth-order valence-corrected chi connectivity index (χ4v) is 2.29. The van der Waals surface area contributed by atoms with E-state index >= 15 is 0 Å². The van der Waals surface area contributed by atoms with E-state index in [-0.39, 0.29) is 0 Å². The molecule has 1 aromatic heterocycles. The van der Waals surface area contributed by atoms with Gasteiger partial charge in [-0.1, -0.05) is 42.5 Å². The molecular weight excluding hydrogens is 244 g/mol. The second-order valence-electron chi connectivity index (χ2n) is 4.93. The van der Waals surface area contributed by atoms with Crippen LogP contribution in [0.5, 0.6) is 0 Å². The third-order valence-corrected chi connectivity index (χ3v) is 3.39. The summed E-state index contributed by atoms with van der Waals surface area (Å²) in [6.07, 6.45) is 1.84. The molecular formula is C18H16N2. The van der Waals surface area contributed by atoms with Gasteiger partial charge in [0.1, 0.15) is 0 Å². The molecule has 0 amide bonds. The molecule has 0 N–H and O–H groups in total. The van der Waals surface area contributed by atoms with Crippen LogP contribution in [-0.2, 0) is 0 Å². The minimum absolute atomic E-state index is 0.881. The number of hydrogen-bond acceptors (Lipinski definition) is 2. The average molecular weight is 260 g/mol. The van der Waals surface area contributed by atoms with Gasteiger partial charge >= 0.3 is 0 Å². The van der Waals surface area contributed by atoms with Crippen LogP contribution in [0.4, 0.5) is 5.69 Å². The summed E-state index contributed by atoms with van der Waals surface area (Å²) >= 11 is 0. The van der Waals surface area contributed by atoms with E-state index in [0.29, 0.717) is 0 Å². The summed E-state index contributed by atoms with van der Waals surface area (Å²) in [6.45, 7) is 4.15. The molecule has 1 heterocycles. The molecule has 0 aliphatic carbocycles. The summed E-state index contributed by atoms with van der Waals surface area (Å²) in [6, 6.07) is 18.4. The molecule has 0 unspecified atom stereocenters. The van der Waals surface area contributed by atoms with Gasteiger partial charge in [-0.15, -0.1) is 0 Å². The molecule has 3 aromatic rings. The Bertz CT molecular complexity index is 768. The predicted octanol–water partition coefficient (Wildman–Crippen LogP) is 4.60. The zero-order valence-electron chi connectivity index (χ0n) is 11.7. The lowest BCUT2D eigenvalue weighted by Crippen LogP contribution is -1.88. The highest BCUT2D eigenvalue weighted by Crippen LogP contribution is 2.22. The van der Waals surface area contributed by atoms with Crippen LogP contribution in [0.2, 0.25) is 0 Å². The van der Waals surface area contributed by atoms with Crippen molar-refractivity contribution in [2.45, 2.75) is 13.8 Å². The Morgan fingerprint density at radius 3 is 2.40 bits per heavy atom. The number of aliphatic imine (C=N–C) groups is 1. The number of hydrogen-bond donors (Lipinski definition) is 0. The minimum atomic E-state index is 0.881. The van der Waals surface area contributed by atoms with E-state index in [2.05, 4.69) is 54.2 Å². The van der Waals surface area contributed by atoms with Crippen molar-refractivity contribution in [3.8, 4) is 0 Å². The maximum Gasteiger partial charge on any atom is 0.0820 e. The number of para-hydroxylation sites is 2. The highest BCUT2D eigenvalue weighted by atomic mass is 14.8. The third kappa shape index (κ3) is 2.45. The summed E-state index contributed by atoms with van der Waals surface area (Å²) < 4.78 is 0. The van der Waals surface area contributed by atoms with Crippen LogP contribution in [-0.4, -0.2) is 11.2 Å². The lowest BCUT2D eigenvalue weighted by Gasteiger charge is -2.03. The number of nitrogens with zero attached hydrogens (tertiary/aromatic N) is 2. The molecule has 0 radical (unpaired) electrons. The standard InChI is InChI=1S/C18H16N2/c1-13-6-5-7-14(2)18(13)19-12-16-11-10-15-8-3-4-9-17(15)20-16/h3-12H,1-2H3. The molecule has 3 rings (SSSR count). The summed E-state index contributed by atoms with van der Waals surface area (Å²) in [5, 5.41) is 1.15. The first-order valence-electron chi connectivity index (χ1n) is 6.70. The van der Waals surface area contributed by atoms with Gasteiger partial charge in [0.15, 0.2) is 0 Å². The van der Waals surface area contributed by atoms with E-state index in [1.165, 1.54) is 11.1 Å². The summed E-state index contributed by atoms with van der Waals surface area (Å²) in [5.74, 6) is 0. The monoisotopic (exact) mass is 260 g/mol. The Labute approximate surface area is 118 Å². The fraction of sp³-hybridized carbons (Fsp3) is 0.111. The van der Waals surface area contributed by atoms with Gasteiger partial charge in [0.05, 0.1) is 23.1 Å². The van der Waals surface area contributed by atoms with E-state index < -0.39 is 0 Å². The molecule has 2 aromatic carbocycles. The molecule has 0 fully saturated rings. The molecule has 0 aliphatic heterocycles. The smallest absolute Gasteiger partial charge is 0.0820 e. The van der Waals surface area contributed by atoms with Crippen LogP contribution in [0.1, 0.15) is 16.8 Å². The van der Waals surface area contributed by atoms with Crippen LogP contribution in [0, 0.1) is 13.8 Å². The molecule has 20 heavy (non-hydrogen) atoms. The maximum absolute atomic E-state index is 4.60. The highest BCUT2D eigenvalue weighted by molar-refractivity contribution is 5.86. The van der Waals surface area contributed by atoms with E-state index in [9.17, 15) is 0 Å². The second kappa shape index (κ2) is 5.25. The van der Waals surface area contributed by atoms with Gasteiger partial charge in [-0.3, -0.25) is 4.99 Å². The lowest BCUT2D eigenvalue weighted by molar-refractivity contribution is 1.32. The van der Waals surface area contributed by atoms with E-state index in [4.69, 9.17) is 0 Å². The van der Waals surface area contributed by atoms with Gasteiger partial charge in [-0.2, -0.15) is 0 Å². The second-order valence-corrected chi connectivity index (χ2v) is 4.93. The molecule has 0 saturated carbocycles. The number of benzene rings is 2. The van der Waals surface area contributed by atoms with Crippen LogP contribution >= 0.6 is 0 Å². The van der Waals surface area contributed by atoms with Crippen molar-refractivity contribution in [1.82, 2.24) is 4.98 Å². The van der Waals surface area contributed by atoms with Crippen molar-refractivity contribution in [2.24, 2.45) is 4.99 Å². The van der Waals surface area contributed by atoms with Gasteiger partial charge in [-0.05, 0) is 37.1 Å². The maximum atomic E-state index is 4.60. The highest BCUT2D eigenvalue weighted by Gasteiger charge is 2.00. The fourth-order valence-electron chi connectivity index (χ4n) is 2.29. The quantitative estimate of drug-likeness (QED) is 0.618. The van der Waals surface area contributed by atoms with Gasteiger partial charge in [0.2, 0.25) is 0 Å². The lowest BCUT2D eigenvalue weighted by atomic mass is 10.1. The van der Waals surface area contributed by atoms with Crippen LogP contribution in [0.3, 0.4) is 0 Å². The van der Waals surface area contributed by atoms with Crippen LogP contribution < -0.4 is 0 Å². The van der Waals surface area contributed by atoms with Crippen molar-refractivity contribution in [3.63, 3.8) is 0 Å². The molecule has 0 saturated heterocycles. The van der Waals surface area contributed by atoms with Crippen molar-refractivity contribution >= 4 is 22.8 Å². The summed E-state index contributed by atoms with van der Waals surface area (Å²) in [5.41, 5.74) is 5.27. The van der Waals surface area contributed by atoms with Crippen molar-refractivity contribution < 1.29 is 0 Å². The Balaban J connectivity index is 1.98. The average Bonchev–Trinajstić information content (AvgIpc) is 2.46. The third-order valence-electron chi connectivity index (χ3n) is 3.39. The van der Waals surface area contributed by atoms with E-state index in [0.717, 1.165) is 22.3 Å². The summed E-state index contributed by atoms with van der Waals surface area (Å²) in [7, 11) is 0. The normalized spacial score (nSPS) is 11.3. The molecule has 0 bridgehead atoms. The van der Waals surface area contributed by atoms with E-state index in [1.807, 2.05) is 30.5 Å².